The average molecular weight is 270 g/mol. The molecule has 0 radical (unpaired) electrons. The molecule has 1 aliphatic carbocycles. The summed E-state index contributed by atoms with van der Waals surface area (Å²) in [6.07, 6.45) is 6.44. The van der Waals surface area contributed by atoms with Crippen molar-refractivity contribution in [3.8, 4) is 5.69 Å². The molecular weight excluding hydrogens is 252 g/mol. The predicted octanol–water partition coefficient (Wildman–Crippen LogP) is 1.94. The van der Waals surface area contributed by atoms with E-state index in [0.29, 0.717) is 6.54 Å². The fraction of sp³-hybridized carbons (Fsp3) is 0.333. The van der Waals surface area contributed by atoms with E-state index in [1.54, 1.807) is 10.9 Å². The van der Waals surface area contributed by atoms with Gasteiger partial charge in [-0.15, -0.1) is 0 Å². The molecule has 0 saturated heterocycles. The molecule has 2 aromatic rings. The molecule has 1 saturated carbocycles. The number of anilines is 1. The zero-order valence-corrected chi connectivity index (χ0v) is 11.2. The predicted molar refractivity (Wildman–Crippen MR) is 77.5 cm³/mol. The van der Waals surface area contributed by atoms with Crippen LogP contribution in [0.2, 0.25) is 0 Å². The Morgan fingerprint density at radius 2 is 2.25 bits per heavy atom. The van der Waals surface area contributed by atoms with E-state index in [1.807, 2.05) is 36.5 Å². The molecule has 20 heavy (non-hydrogen) atoms. The second-order valence-corrected chi connectivity index (χ2v) is 5.29. The smallest absolute Gasteiger partial charge is 0.231 e. The molecular formula is C15H18N4O. The maximum atomic E-state index is 12.3. The minimum Gasteiger partial charge on any atom is -0.329 e. The second-order valence-electron chi connectivity index (χ2n) is 5.29. The lowest BCUT2D eigenvalue weighted by Crippen LogP contribution is -2.47. The zero-order valence-electron chi connectivity index (χ0n) is 11.2. The zero-order chi connectivity index (χ0) is 14.0. The van der Waals surface area contributed by atoms with Crippen LogP contribution < -0.4 is 11.1 Å². The number of hydrogen-bond acceptors (Lipinski definition) is 3. The molecule has 5 heteroatoms. The van der Waals surface area contributed by atoms with Crippen molar-refractivity contribution in [1.82, 2.24) is 9.78 Å². The molecule has 0 unspecified atom stereocenters. The maximum absolute atomic E-state index is 12.3. The van der Waals surface area contributed by atoms with E-state index in [2.05, 4.69) is 10.4 Å². The van der Waals surface area contributed by atoms with E-state index in [9.17, 15) is 4.79 Å². The monoisotopic (exact) mass is 270 g/mol. The van der Waals surface area contributed by atoms with Crippen LogP contribution in [-0.2, 0) is 4.79 Å². The van der Waals surface area contributed by atoms with E-state index in [4.69, 9.17) is 5.73 Å². The third-order valence-electron chi connectivity index (χ3n) is 4.06. The first-order chi connectivity index (χ1) is 9.73. The first-order valence-corrected chi connectivity index (χ1v) is 6.85. The fourth-order valence-electron chi connectivity index (χ4n) is 2.54. The number of benzene rings is 1. The van der Waals surface area contributed by atoms with Gasteiger partial charge in [-0.2, -0.15) is 5.10 Å². The van der Waals surface area contributed by atoms with Gasteiger partial charge in [0, 0.05) is 24.6 Å². The third kappa shape index (κ3) is 2.20. The molecule has 5 nitrogen and oxygen atoms in total. The lowest BCUT2D eigenvalue weighted by Gasteiger charge is -2.39. The number of carbonyl (C=O) groups is 1. The Morgan fingerprint density at radius 3 is 2.85 bits per heavy atom. The van der Waals surface area contributed by atoms with Crippen molar-refractivity contribution < 1.29 is 4.79 Å². The minimum atomic E-state index is -0.359. The normalized spacial score (nSPS) is 16.4. The van der Waals surface area contributed by atoms with Crippen molar-refractivity contribution in [2.75, 3.05) is 11.9 Å². The number of nitrogens with zero attached hydrogens (tertiary/aromatic N) is 2. The largest absolute Gasteiger partial charge is 0.329 e. The highest BCUT2D eigenvalue weighted by atomic mass is 16.2. The Hall–Kier alpha value is -2.14. The van der Waals surface area contributed by atoms with E-state index in [-0.39, 0.29) is 11.3 Å². The molecule has 3 N–H and O–H groups in total. The first kappa shape index (κ1) is 12.9. The Morgan fingerprint density at radius 1 is 1.40 bits per heavy atom. The number of nitrogens with two attached hydrogens (primary N) is 1. The molecule has 3 rings (SSSR count). The Kier molecular flexibility index (Phi) is 3.28. The van der Waals surface area contributed by atoms with Crippen molar-refractivity contribution in [1.29, 1.82) is 0 Å². The van der Waals surface area contributed by atoms with Crippen LogP contribution in [0.3, 0.4) is 0 Å². The van der Waals surface area contributed by atoms with Gasteiger partial charge < -0.3 is 11.1 Å². The topological polar surface area (TPSA) is 72.9 Å². The minimum absolute atomic E-state index is 0.0314. The van der Waals surface area contributed by atoms with E-state index < -0.39 is 0 Å². The van der Waals surface area contributed by atoms with Crippen LogP contribution in [0, 0.1) is 5.41 Å². The molecule has 0 atom stereocenters. The quantitative estimate of drug-likeness (QED) is 0.891. The maximum Gasteiger partial charge on any atom is 0.231 e. The summed E-state index contributed by atoms with van der Waals surface area (Å²) in [5, 5.41) is 7.16. The number of aromatic nitrogens is 2. The second kappa shape index (κ2) is 5.09. The number of carbonyl (C=O) groups excluding carboxylic acids is 1. The Labute approximate surface area is 117 Å². The Bertz CT molecular complexity index is 597. The van der Waals surface area contributed by atoms with Crippen LogP contribution in [0.5, 0.6) is 0 Å². The van der Waals surface area contributed by atoms with Gasteiger partial charge in [-0.3, -0.25) is 4.79 Å². The molecule has 0 spiro atoms. The highest BCUT2D eigenvalue weighted by Gasteiger charge is 2.42. The van der Waals surface area contributed by atoms with Crippen LogP contribution in [0.4, 0.5) is 5.69 Å². The van der Waals surface area contributed by atoms with Gasteiger partial charge >= 0.3 is 0 Å². The number of rotatable bonds is 4. The van der Waals surface area contributed by atoms with Gasteiger partial charge in [0.05, 0.1) is 11.1 Å². The molecule has 104 valence electrons. The van der Waals surface area contributed by atoms with Crippen molar-refractivity contribution in [3.05, 3.63) is 42.7 Å². The fourth-order valence-corrected chi connectivity index (χ4v) is 2.54. The van der Waals surface area contributed by atoms with Crippen molar-refractivity contribution >= 4 is 11.6 Å². The average Bonchev–Trinajstić information content (AvgIpc) is 2.92. The molecule has 1 amide bonds. The molecule has 1 heterocycles. The summed E-state index contributed by atoms with van der Waals surface area (Å²) < 4.78 is 1.76. The summed E-state index contributed by atoms with van der Waals surface area (Å²) in [5.74, 6) is 0.0314. The van der Waals surface area contributed by atoms with Gasteiger partial charge in [0.1, 0.15) is 0 Å². The van der Waals surface area contributed by atoms with Crippen LogP contribution >= 0.6 is 0 Å². The highest BCUT2D eigenvalue weighted by Crippen LogP contribution is 2.40. The highest BCUT2D eigenvalue weighted by molar-refractivity contribution is 5.96. The van der Waals surface area contributed by atoms with Crippen LogP contribution in [0.15, 0.2) is 42.7 Å². The summed E-state index contributed by atoms with van der Waals surface area (Å²) in [4.78, 5) is 12.3. The SMILES string of the molecule is NCC1(C(=O)Nc2cccc(-n3cccn3)c2)CCC1. The summed E-state index contributed by atoms with van der Waals surface area (Å²) in [6, 6.07) is 9.51. The van der Waals surface area contributed by atoms with Gasteiger partial charge in [-0.05, 0) is 37.1 Å². The van der Waals surface area contributed by atoms with Crippen LogP contribution in [-0.4, -0.2) is 22.2 Å². The van der Waals surface area contributed by atoms with Gasteiger partial charge in [-0.1, -0.05) is 12.5 Å². The van der Waals surface area contributed by atoms with Crippen molar-refractivity contribution in [3.63, 3.8) is 0 Å². The van der Waals surface area contributed by atoms with E-state index in [0.717, 1.165) is 30.6 Å². The summed E-state index contributed by atoms with van der Waals surface area (Å²) in [5.41, 5.74) is 7.10. The van der Waals surface area contributed by atoms with Gasteiger partial charge in [-0.25, -0.2) is 4.68 Å². The van der Waals surface area contributed by atoms with Gasteiger partial charge in [0.2, 0.25) is 5.91 Å². The molecule has 1 aromatic heterocycles. The molecule has 1 fully saturated rings. The molecule has 0 bridgehead atoms. The van der Waals surface area contributed by atoms with Gasteiger partial charge in [0.15, 0.2) is 0 Å². The van der Waals surface area contributed by atoms with Crippen molar-refractivity contribution in [2.24, 2.45) is 11.1 Å². The van der Waals surface area contributed by atoms with E-state index in [1.165, 1.54) is 0 Å². The molecule has 1 aliphatic rings. The molecule has 0 aliphatic heterocycles. The third-order valence-corrected chi connectivity index (χ3v) is 4.06. The Balaban J connectivity index is 1.78. The van der Waals surface area contributed by atoms with E-state index >= 15 is 0 Å². The summed E-state index contributed by atoms with van der Waals surface area (Å²) in [7, 11) is 0. The standard InChI is InChI=1S/C15H18N4O/c16-11-15(6-2-7-15)14(20)18-12-4-1-5-13(10-12)19-9-3-8-17-19/h1,3-5,8-10H,2,6-7,11,16H2,(H,18,20). The lowest BCUT2D eigenvalue weighted by molar-refractivity contribution is -0.129. The summed E-state index contributed by atoms with van der Waals surface area (Å²) in [6.45, 7) is 0.414. The lowest BCUT2D eigenvalue weighted by atomic mass is 9.68. The van der Waals surface area contributed by atoms with Gasteiger partial charge in [0.25, 0.3) is 0 Å². The number of nitrogens with one attached hydrogen (secondary N) is 1. The first-order valence-electron chi connectivity index (χ1n) is 6.85. The number of hydrogen-bond donors (Lipinski definition) is 2. The number of amides is 1. The van der Waals surface area contributed by atoms with Crippen LogP contribution in [0.25, 0.3) is 5.69 Å². The molecule has 1 aromatic carbocycles. The summed E-state index contributed by atoms with van der Waals surface area (Å²) >= 11 is 0. The van der Waals surface area contributed by atoms with Crippen LogP contribution in [0.1, 0.15) is 19.3 Å². The van der Waals surface area contributed by atoms with Crippen molar-refractivity contribution in [2.45, 2.75) is 19.3 Å².